The van der Waals surface area contributed by atoms with Crippen molar-refractivity contribution >= 4 is 21.9 Å². The molecule has 0 amide bonds. The average Bonchev–Trinajstić information content (AvgIpc) is 3.22. The van der Waals surface area contributed by atoms with Gasteiger partial charge in [0.05, 0.1) is 16.7 Å². The van der Waals surface area contributed by atoms with Gasteiger partial charge in [-0.2, -0.15) is 5.10 Å². The summed E-state index contributed by atoms with van der Waals surface area (Å²) in [5.74, 6) is 2.33. The number of aromatic nitrogens is 2. The minimum absolute atomic E-state index is 0.264. The summed E-state index contributed by atoms with van der Waals surface area (Å²) in [6.07, 6.45) is 0.974. The second-order valence-corrected chi connectivity index (χ2v) is 7.29. The smallest absolute Gasteiger partial charge is 0.231 e. The van der Waals surface area contributed by atoms with Gasteiger partial charge in [-0.05, 0) is 66.9 Å². The minimum Gasteiger partial charge on any atom is -0.454 e. The van der Waals surface area contributed by atoms with Crippen LogP contribution in [-0.4, -0.2) is 35.6 Å². The SMILES string of the molecule is CCNC(=NCc1cc(Br)c2c(c1)OCO2)NCCCn1nc(C)cc1C. The van der Waals surface area contributed by atoms with Crippen LogP contribution in [0.15, 0.2) is 27.7 Å². The largest absolute Gasteiger partial charge is 0.454 e. The summed E-state index contributed by atoms with van der Waals surface area (Å²) in [4.78, 5) is 4.67. The molecule has 0 atom stereocenters. The Hall–Kier alpha value is -2.22. The third-order valence-electron chi connectivity index (χ3n) is 4.19. The Kier molecular flexibility index (Phi) is 6.60. The van der Waals surface area contributed by atoms with Gasteiger partial charge in [0.25, 0.3) is 0 Å². The molecule has 0 spiro atoms. The van der Waals surface area contributed by atoms with E-state index in [4.69, 9.17) is 9.47 Å². The highest BCUT2D eigenvalue weighted by Gasteiger charge is 2.17. The molecule has 1 aliphatic heterocycles. The molecule has 0 aliphatic carbocycles. The Balaban J connectivity index is 1.53. The fourth-order valence-corrected chi connectivity index (χ4v) is 3.56. The Morgan fingerprint density at radius 2 is 2.11 bits per heavy atom. The number of aryl methyl sites for hydroxylation is 3. The molecule has 2 N–H and O–H groups in total. The molecule has 3 rings (SSSR count). The zero-order valence-corrected chi connectivity index (χ0v) is 17.6. The number of guanidine groups is 1. The monoisotopic (exact) mass is 435 g/mol. The van der Waals surface area contributed by atoms with Crippen LogP contribution in [0.25, 0.3) is 0 Å². The molecule has 27 heavy (non-hydrogen) atoms. The van der Waals surface area contributed by atoms with Crippen LogP contribution >= 0.6 is 15.9 Å². The fraction of sp³-hybridized carbons (Fsp3) is 0.474. The van der Waals surface area contributed by atoms with Crippen molar-refractivity contribution in [1.82, 2.24) is 20.4 Å². The summed E-state index contributed by atoms with van der Waals surface area (Å²) in [5.41, 5.74) is 3.32. The zero-order chi connectivity index (χ0) is 19.2. The van der Waals surface area contributed by atoms with Crippen molar-refractivity contribution in [3.63, 3.8) is 0 Å². The van der Waals surface area contributed by atoms with Crippen LogP contribution < -0.4 is 20.1 Å². The van der Waals surface area contributed by atoms with E-state index in [1.807, 2.05) is 23.7 Å². The number of hydrogen-bond donors (Lipinski definition) is 2. The van der Waals surface area contributed by atoms with Gasteiger partial charge in [0.1, 0.15) is 0 Å². The Morgan fingerprint density at radius 3 is 2.85 bits per heavy atom. The number of hydrogen-bond acceptors (Lipinski definition) is 4. The van der Waals surface area contributed by atoms with Crippen LogP contribution in [0.2, 0.25) is 0 Å². The number of rotatable bonds is 7. The van der Waals surface area contributed by atoms with Crippen LogP contribution in [0.1, 0.15) is 30.3 Å². The van der Waals surface area contributed by atoms with E-state index in [2.05, 4.69) is 56.6 Å². The minimum atomic E-state index is 0.264. The first-order valence-electron chi connectivity index (χ1n) is 9.18. The van der Waals surface area contributed by atoms with E-state index in [-0.39, 0.29) is 6.79 Å². The first-order valence-corrected chi connectivity index (χ1v) is 9.97. The van der Waals surface area contributed by atoms with Crippen LogP contribution in [0.5, 0.6) is 11.5 Å². The maximum Gasteiger partial charge on any atom is 0.231 e. The number of ether oxygens (including phenoxy) is 2. The topological polar surface area (TPSA) is 72.7 Å². The summed E-state index contributed by atoms with van der Waals surface area (Å²) in [6.45, 7) is 9.52. The lowest BCUT2D eigenvalue weighted by atomic mass is 10.2. The maximum absolute atomic E-state index is 5.47. The van der Waals surface area contributed by atoms with Crippen molar-refractivity contribution in [2.24, 2.45) is 4.99 Å². The van der Waals surface area contributed by atoms with Crippen molar-refractivity contribution in [2.75, 3.05) is 19.9 Å². The van der Waals surface area contributed by atoms with Gasteiger partial charge >= 0.3 is 0 Å². The lowest BCUT2D eigenvalue weighted by Crippen LogP contribution is -2.38. The number of aliphatic imine (C=N–C) groups is 1. The molecule has 2 heterocycles. The van der Waals surface area contributed by atoms with Gasteiger partial charge < -0.3 is 20.1 Å². The van der Waals surface area contributed by atoms with E-state index >= 15 is 0 Å². The standard InChI is InChI=1S/C19H26BrN5O2/c1-4-21-19(22-6-5-7-25-14(3)8-13(2)24-25)23-11-15-9-16(20)18-17(10-15)26-12-27-18/h8-10H,4-7,11-12H2,1-3H3,(H2,21,22,23). The summed E-state index contributed by atoms with van der Waals surface area (Å²) < 4.78 is 13.8. The van der Waals surface area contributed by atoms with Crippen LogP contribution in [0.3, 0.4) is 0 Å². The zero-order valence-electron chi connectivity index (χ0n) is 16.0. The van der Waals surface area contributed by atoms with E-state index in [9.17, 15) is 0 Å². The number of benzene rings is 1. The number of halogens is 1. The van der Waals surface area contributed by atoms with Crippen LogP contribution in [-0.2, 0) is 13.1 Å². The first kappa shape index (κ1) is 19.5. The van der Waals surface area contributed by atoms with Gasteiger partial charge in [-0.15, -0.1) is 0 Å². The van der Waals surface area contributed by atoms with E-state index in [0.29, 0.717) is 6.54 Å². The first-order chi connectivity index (χ1) is 13.1. The molecule has 2 aromatic rings. The number of fused-ring (bicyclic) bond motifs is 1. The molecule has 0 saturated heterocycles. The third-order valence-corrected chi connectivity index (χ3v) is 4.78. The molecule has 1 aromatic carbocycles. The third kappa shape index (κ3) is 5.15. The molecule has 1 aromatic heterocycles. The van der Waals surface area contributed by atoms with Crippen molar-refractivity contribution in [3.05, 3.63) is 39.6 Å². The molecule has 0 fully saturated rings. The van der Waals surface area contributed by atoms with Gasteiger partial charge in [0.15, 0.2) is 17.5 Å². The van der Waals surface area contributed by atoms with E-state index in [0.717, 1.165) is 59.2 Å². The summed E-state index contributed by atoms with van der Waals surface area (Å²) in [7, 11) is 0. The summed E-state index contributed by atoms with van der Waals surface area (Å²) in [6, 6.07) is 6.09. The van der Waals surface area contributed by atoms with Crippen LogP contribution in [0.4, 0.5) is 0 Å². The molecule has 8 heteroatoms. The van der Waals surface area contributed by atoms with Gasteiger partial charge in [-0.1, -0.05) is 0 Å². The molecule has 1 aliphatic rings. The van der Waals surface area contributed by atoms with Gasteiger partial charge in [-0.3, -0.25) is 4.68 Å². The van der Waals surface area contributed by atoms with Crippen molar-refractivity contribution in [1.29, 1.82) is 0 Å². The van der Waals surface area contributed by atoms with Gasteiger partial charge in [-0.25, -0.2) is 4.99 Å². The summed E-state index contributed by atoms with van der Waals surface area (Å²) >= 11 is 3.52. The average molecular weight is 436 g/mol. The second-order valence-electron chi connectivity index (χ2n) is 6.44. The molecule has 7 nitrogen and oxygen atoms in total. The van der Waals surface area contributed by atoms with Gasteiger partial charge in [0.2, 0.25) is 6.79 Å². The molecular formula is C19H26BrN5O2. The highest BCUT2D eigenvalue weighted by atomic mass is 79.9. The molecule has 0 unspecified atom stereocenters. The Morgan fingerprint density at radius 1 is 1.26 bits per heavy atom. The highest BCUT2D eigenvalue weighted by molar-refractivity contribution is 9.10. The predicted molar refractivity (Wildman–Crippen MR) is 109 cm³/mol. The lowest BCUT2D eigenvalue weighted by molar-refractivity contribution is 0.173. The van der Waals surface area contributed by atoms with Gasteiger partial charge in [0, 0.05) is 25.3 Å². The quantitative estimate of drug-likeness (QED) is 0.397. The van der Waals surface area contributed by atoms with E-state index < -0.39 is 0 Å². The summed E-state index contributed by atoms with van der Waals surface area (Å²) in [5, 5.41) is 11.2. The van der Waals surface area contributed by atoms with Crippen molar-refractivity contribution in [2.45, 2.75) is 40.3 Å². The number of nitrogens with zero attached hydrogens (tertiary/aromatic N) is 3. The predicted octanol–water partition coefficient (Wildman–Crippen LogP) is 3.14. The normalized spacial score (nSPS) is 13.1. The molecule has 0 saturated carbocycles. The number of nitrogens with one attached hydrogen (secondary N) is 2. The Bertz CT molecular complexity index is 819. The second kappa shape index (κ2) is 9.12. The van der Waals surface area contributed by atoms with E-state index in [1.54, 1.807) is 0 Å². The highest BCUT2D eigenvalue weighted by Crippen LogP contribution is 2.40. The Labute approximate surface area is 168 Å². The fourth-order valence-electron chi connectivity index (χ4n) is 2.96. The van der Waals surface area contributed by atoms with Crippen molar-refractivity contribution in [3.8, 4) is 11.5 Å². The molecular weight excluding hydrogens is 410 g/mol. The lowest BCUT2D eigenvalue weighted by Gasteiger charge is -2.12. The molecule has 146 valence electrons. The van der Waals surface area contributed by atoms with Crippen molar-refractivity contribution < 1.29 is 9.47 Å². The van der Waals surface area contributed by atoms with Crippen LogP contribution in [0, 0.1) is 13.8 Å². The molecule has 0 radical (unpaired) electrons. The van der Waals surface area contributed by atoms with E-state index in [1.165, 1.54) is 5.69 Å². The molecule has 0 bridgehead atoms. The maximum atomic E-state index is 5.47.